The van der Waals surface area contributed by atoms with Crippen LogP contribution >= 0.6 is 11.6 Å². The van der Waals surface area contributed by atoms with Crippen molar-refractivity contribution in [2.75, 3.05) is 59.4 Å². The van der Waals surface area contributed by atoms with E-state index >= 15 is 0 Å². The van der Waals surface area contributed by atoms with Crippen molar-refractivity contribution in [1.82, 2.24) is 9.80 Å². The molecule has 0 radical (unpaired) electrons. The van der Waals surface area contributed by atoms with Crippen molar-refractivity contribution in [3.63, 3.8) is 0 Å². The number of phenolic OH excluding ortho intramolecular Hbond substituents is 2. The van der Waals surface area contributed by atoms with Crippen molar-refractivity contribution >= 4 is 33.9 Å². The summed E-state index contributed by atoms with van der Waals surface area (Å²) in [4.78, 5) is 4.58. The first-order valence-corrected chi connectivity index (χ1v) is 22.5. The zero-order chi connectivity index (χ0) is 44.0. The van der Waals surface area contributed by atoms with E-state index in [1.807, 2.05) is 68.7 Å². The molecule has 2 heterocycles. The number of alkyl halides is 1. The summed E-state index contributed by atoms with van der Waals surface area (Å²) >= 11 is 6.21. The normalized spacial score (nSPS) is 15.4. The first kappa shape index (κ1) is 45.0. The molecule has 326 valence electrons. The van der Waals surface area contributed by atoms with E-state index in [0.29, 0.717) is 24.8 Å². The number of piperidine rings is 1. The van der Waals surface area contributed by atoms with Gasteiger partial charge in [0.25, 0.3) is 0 Å². The van der Waals surface area contributed by atoms with Gasteiger partial charge in [0.05, 0.1) is 0 Å². The molecule has 0 spiro atoms. The monoisotopic (exact) mass is 862 g/mol. The van der Waals surface area contributed by atoms with Crippen LogP contribution in [0.3, 0.4) is 0 Å². The molecule has 0 aromatic heterocycles. The zero-order valence-corrected chi connectivity index (χ0v) is 37.4. The summed E-state index contributed by atoms with van der Waals surface area (Å²) in [7, 11) is 4.09. The second-order valence-corrected chi connectivity index (χ2v) is 16.7. The number of rotatable bonds is 15. The van der Waals surface area contributed by atoms with Crippen molar-refractivity contribution in [2.24, 2.45) is 0 Å². The molecule has 1 saturated heterocycles. The Morgan fingerprint density at radius 3 is 1.90 bits per heavy atom. The largest absolute Gasteiger partial charge is 0.508 e. The number of likely N-dealkylation sites (tertiary alicyclic amines) is 1. The van der Waals surface area contributed by atoms with Gasteiger partial charge in [-0.2, -0.15) is 0 Å². The molecule has 8 heteroatoms. The van der Waals surface area contributed by atoms with Crippen LogP contribution in [0, 0.1) is 0 Å². The fraction of sp³-hybridized carbons (Fsp3) is 0.273. The summed E-state index contributed by atoms with van der Waals surface area (Å²) in [5.41, 5.74) is 11.1. The molecule has 2 aliphatic heterocycles. The smallest absolute Gasteiger partial charge is 0.150 e. The molecule has 1 fully saturated rings. The van der Waals surface area contributed by atoms with E-state index in [0.717, 1.165) is 58.8 Å². The molecule has 2 aliphatic rings. The third kappa shape index (κ3) is 12.1. The van der Waals surface area contributed by atoms with E-state index in [9.17, 15) is 10.2 Å². The Balaban J connectivity index is 0.000000192. The lowest BCUT2D eigenvalue weighted by atomic mass is 9.86. The maximum Gasteiger partial charge on any atom is 0.150 e. The van der Waals surface area contributed by atoms with Gasteiger partial charge in [0, 0.05) is 36.2 Å². The van der Waals surface area contributed by atoms with E-state index in [-0.39, 0.29) is 17.6 Å². The topological polar surface area (TPSA) is 74.6 Å². The average Bonchev–Trinajstić information content (AvgIpc) is 3.31. The molecule has 63 heavy (non-hydrogen) atoms. The molecular weight excluding hydrogens is 804 g/mol. The predicted octanol–water partition coefficient (Wildman–Crippen LogP) is 12.2. The standard InChI is InChI=1S/C29H31NO4.C26H28ClNO/c1-20-26-14-11-24(32)19-27(26)34-29(28(20)21-5-9-23(31)10-6-21)22-7-12-25(13-8-22)33-18-17-30-15-3-2-4-16-30;1-28(2)19-20-29-24-15-13-23(14-16-24)26(22-11-7-4-8-12-22)25(17-18-27)21-9-5-3-6-10-21/h5-14,19,29,31-32H,2-4,15-18H2,1H3;3-16H,17-20H2,1-2H3/b;26-25-/t29-;/m0./s1. The summed E-state index contributed by atoms with van der Waals surface area (Å²) in [5.74, 6) is 3.38. The van der Waals surface area contributed by atoms with Gasteiger partial charge in [0.2, 0.25) is 0 Å². The molecule has 6 aromatic rings. The number of ether oxygens (including phenoxy) is 3. The fourth-order valence-electron chi connectivity index (χ4n) is 8.24. The summed E-state index contributed by atoms with van der Waals surface area (Å²) in [6.07, 6.45) is 4.37. The maximum absolute atomic E-state index is 10.0. The van der Waals surface area contributed by atoms with Gasteiger partial charge in [-0.15, -0.1) is 11.6 Å². The highest BCUT2D eigenvalue weighted by atomic mass is 35.5. The van der Waals surface area contributed by atoms with E-state index < -0.39 is 0 Å². The average molecular weight is 864 g/mol. The highest BCUT2D eigenvalue weighted by molar-refractivity contribution is 6.18. The van der Waals surface area contributed by atoms with Gasteiger partial charge >= 0.3 is 0 Å². The van der Waals surface area contributed by atoms with Crippen LogP contribution in [0.25, 0.3) is 22.3 Å². The van der Waals surface area contributed by atoms with E-state index in [1.165, 1.54) is 60.2 Å². The lowest BCUT2D eigenvalue weighted by molar-refractivity contribution is 0.183. The highest BCUT2D eigenvalue weighted by Gasteiger charge is 2.29. The van der Waals surface area contributed by atoms with Crippen molar-refractivity contribution in [3.8, 4) is 28.7 Å². The highest BCUT2D eigenvalue weighted by Crippen LogP contribution is 2.47. The molecule has 7 nitrogen and oxygen atoms in total. The lowest BCUT2D eigenvalue weighted by Crippen LogP contribution is -2.33. The van der Waals surface area contributed by atoms with Crippen LogP contribution in [-0.4, -0.2) is 79.4 Å². The van der Waals surface area contributed by atoms with Gasteiger partial charge < -0.3 is 29.3 Å². The first-order valence-electron chi connectivity index (χ1n) is 22.0. The molecule has 6 aromatic carbocycles. The number of nitrogens with zero attached hydrogens (tertiary/aromatic N) is 2. The van der Waals surface area contributed by atoms with Gasteiger partial charge in [0.1, 0.15) is 48.1 Å². The second-order valence-electron chi connectivity index (χ2n) is 16.3. The minimum Gasteiger partial charge on any atom is -0.508 e. The van der Waals surface area contributed by atoms with Gasteiger partial charge in [-0.05, 0) is 146 Å². The minimum absolute atomic E-state index is 0.177. The van der Waals surface area contributed by atoms with E-state index in [2.05, 4.69) is 89.5 Å². The van der Waals surface area contributed by atoms with Crippen LogP contribution in [0.2, 0.25) is 0 Å². The summed E-state index contributed by atoms with van der Waals surface area (Å²) in [5, 5.41) is 19.8. The van der Waals surface area contributed by atoms with Crippen molar-refractivity contribution in [1.29, 1.82) is 0 Å². The Bertz CT molecular complexity index is 2410. The Morgan fingerprint density at radius 1 is 0.683 bits per heavy atom. The predicted molar refractivity (Wildman–Crippen MR) is 259 cm³/mol. The number of hydrogen-bond acceptors (Lipinski definition) is 7. The number of phenols is 2. The number of benzene rings is 6. The Labute approximate surface area is 378 Å². The number of halogens is 1. The van der Waals surface area contributed by atoms with Gasteiger partial charge in [-0.25, -0.2) is 0 Å². The number of allylic oxidation sites excluding steroid dienone is 2. The third-order valence-electron chi connectivity index (χ3n) is 11.5. The van der Waals surface area contributed by atoms with Crippen molar-refractivity contribution in [3.05, 3.63) is 185 Å². The molecule has 0 saturated carbocycles. The molecule has 0 aliphatic carbocycles. The minimum atomic E-state index is -0.346. The maximum atomic E-state index is 10.0. The van der Waals surface area contributed by atoms with Crippen LogP contribution in [-0.2, 0) is 0 Å². The first-order chi connectivity index (χ1) is 30.8. The molecule has 1 atom stereocenters. The molecule has 8 rings (SSSR count). The Morgan fingerprint density at radius 2 is 1.27 bits per heavy atom. The van der Waals surface area contributed by atoms with Crippen LogP contribution < -0.4 is 14.2 Å². The SMILES string of the molecule is CC1=C(c2ccc(O)cc2)[C@H](c2ccc(OCCN3CCCCC3)cc2)Oc2cc(O)ccc21.CN(C)CCOc1ccc(/C(=C(/CCCl)c2ccccc2)c2ccccc2)cc1. The van der Waals surface area contributed by atoms with Crippen LogP contribution in [0.5, 0.6) is 28.7 Å². The van der Waals surface area contributed by atoms with Crippen LogP contribution in [0.4, 0.5) is 0 Å². The second kappa shape index (κ2) is 22.4. The quantitative estimate of drug-likeness (QED) is 0.0787. The Hall–Kier alpha value is -5.99. The van der Waals surface area contributed by atoms with Gasteiger partial charge in [-0.1, -0.05) is 103 Å². The van der Waals surface area contributed by atoms with Gasteiger partial charge in [0.15, 0.2) is 0 Å². The van der Waals surface area contributed by atoms with Crippen LogP contribution in [0.15, 0.2) is 152 Å². The number of likely N-dealkylation sites (N-methyl/N-ethyl adjacent to an activating group) is 1. The van der Waals surface area contributed by atoms with E-state index in [1.54, 1.807) is 24.3 Å². The molecule has 0 unspecified atom stereocenters. The van der Waals surface area contributed by atoms with Gasteiger partial charge in [-0.3, -0.25) is 4.90 Å². The van der Waals surface area contributed by atoms with Crippen LogP contribution in [0.1, 0.15) is 72.1 Å². The van der Waals surface area contributed by atoms with Crippen molar-refractivity contribution < 1.29 is 24.4 Å². The number of hydrogen-bond donors (Lipinski definition) is 2. The number of fused-ring (bicyclic) bond motifs is 1. The third-order valence-corrected chi connectivity index (χ3v) is 11.7. The molecule has 2 N–H and O–H groups in total. The van der Waals surface area contributed by atoms with E-state index in [4.69, 9.17) is 25.8 Å². The molecule has 0 amide bonds. The lowest BCUT2D eigenvalue weighted by Gasteiger charge is -2.31. The summed E-state index contributed by atoms with van der Waals surface area (Å²) in [6.45, 7) is 7.63. The zero-order valence-electron chi connectivity index (χ0n) is 36.7. The Kier molecular flexibility index (Phi) is 16.0. The molecular formula is C55H59ClN2O5. The van der Waals surface area contributed by atoms with Crippen molar-refractivity contribution in [2.45, 2.75) is 38.7 Å². The molecule has 0 bridgehead atoms. The fourth-order valence-corrected chi connectivity index (χ4v) is 8.42. The summed E-state index contributed by atoms with van der Waals surface area (Å²) in [6, 6.07) is 50.0. The number of aromatic hydroxyl groups is 2. The summed E-state index contributed by atoms with van der Waals surface area (Å²) < 4.78 is 18.3.